The molecule has 108 heavy (non-hydrogen) atoms. The van der Waals surface area contributed by atoms with E-state index in [2.05, 4.69) is 46.6 Å². The maximum atomic E-state index is 13.3. The van der Waals surface area contributed by atoms with E-state index in [1.807, 2.05) is 5.92 Å². The van der Waals surface area contributed by atoms with Crippen LogP contribution in [0.3, 0.4) is 0 Å². The van der Waals surface area contributed by atoms with Crippen LogP contribution in [0.4, 0.5) is 22.0 Å². The van der Waals surface area contributed by atoms with Gasteiger partial charge in [0.05, 0.1) is 154 Å². The molecule has 2 aromatic carbocycles. The maximum absolute atomic E-state index is 13.3. The van der Waals surface area contributed by atoms with Gasteiger partial charge in [-0.15, -0.1) is 19.6 Å². The predicted molar refractivity (Wildman–Crippen MR) is 369 cm³/mol. The lowest BCUT2D eigenvalue weighted by molar-refractivity contribution is 0.180. The molecule has 0 amide bonds. The van der Waals surface area contributed by atoms with Crippen molar-refractivity contribution in [1.82, 2.24) is 0 Å². The Morgan fingerprint density at radius 1 is 0.417 bits per heavy atom. The lowest BCUT2D eigenvalue weighted by atomic mass is 10.3. The Hall–Kier alpha value is -4.13. The highest BCUT2D eigenvalue weighted by molar-refractivity contribution is 7.94. The van der Waals surface area contributed by atoms with Crippen molar-refractivity contribution in [2.45, 2.75) is 92.6 Å². The summed E-state index contributed by atoms with van der Waals surface area (Å²) in [5.41, 5.74) is 0. The van der Waals surface area contributed by atoms with E-state index in [1.54, 1.807) is 18.2 Å². The van der Waals surface area contributed by atoms with Crippen LogP contribution in [0.2, 0.25) is 0 Å². The fourth-order valence-electron chi connectivity index (χ4n) is 9.14. The SMILES string of the molecule is C#CCS(=O)(=O)OC1CCS(=O)(=O)C1.C=CCOS(=O)(=O)OC1CCS(=O)(=O)C1.C=CCS(=O)(=O)OC1CCS(=O)(=O)C1.COS(=O)(=O)OC1CCS(=O)(=O)C1.CS(=O)(=O)OC1CCS(=O)(=O)C1.O=S1(=O)CCC(OS(=O)(=O)Oc2c(F)c(F)c(F)c(F)c2F)C1.O=S1(=O)CCC(OS(=O)(=O)c2ccccc2)C1. The molecule has 7 fully saturated rings. The summed E-state index contributed by atoms with van der Waals surface area (Å²) < 4.78 is 419. The number of halogens is 5. The molecular formula is C51H73F5O38S14. The van der Waals surface area contributed by atoms with E-state index >= 15 is 0 Å². The normalized spacial score (nSPS) is 24.9. The van der Waals surface area contributed by atoms with Gasteiger partial charge in [0.15, 0.2) is 68.9 Å². The van der Waals surface area contributed by atoms with Gasteiger partial charge in [0.25, 0.3) is 40.5 Å². The molecule has 7 heterocycles. The van der Waals surface area contributed by atoms with Crippen molar-refractivity contribution in [2.24, 2.45) is 0 Å². The number of hydrogen-bond acceptors (Lipinski definition) is 38. The molecule has 7 aliphatic rings. The van der Waals surface area contributed by atoms with Crippen molar-refractivity contribution in [2.75, 3.05) is 112 Å². The van der Waals surface area contributed by atoms with Crippen LogP contribution in [-0.4, -0.2) is 273 Å². The molecule has 7 saturated heterocycles. The van der Waals surface area contributed by atoms with Crippen LogP contribution in [0.15, 0.2) is 60.5 Å². The van der Waals surface area contributed by atoms with Crippen LogP contribution >= 0.6 is 0 Å². The van der Waals surface area contributed by atoms with Gasteiger partial charge < -0.3 is 4.18 Å². The molecule has 7 unspecified atom stereocenters. The summed E-state index contributed by atoms with van der Waals surface area (Å²) in [5, 5.41) is 0. The zero-order valence-corrected chi connectivity index (χ0v) is 67.6. The second-order valence-corrected chi connectivity index (χ2v) is 49.0. The summed E-state index contributed by atoms with van der Waals surface area (Å²) in [6, 6.07) is 7.69. The van der Waals surface area contributed by atoms with E-state index in [1.165, 1.54) is 24.3 Å². The van der Waals surface area contributed by atoms with E-state index < -0.39 is 230 Å². The van der Waals surface area contributed by atoms with Crippen LogP contribution in [0, 0.1) is 41.4 Å². The number of sulfone groups is 7. The first kappa shape index (κ1) is 98.1. The van der Waals surface area contributed by atoms with Gasteiger partial charge in [-0.25, -0.2) is 88.8 Å². The van der Waals surface area contributed by atoms with Crippen molar-refractivity contribution in [3.05, 3.63) is 84.7 Å². The molecule has 57 heteroatoms. The quantitative estimate of drug-likeness (QED) is 0.0289. The molecule has 0 aromatic heterocycles. The van der Waals surface area contributed by atoms with Crippen molar-refractivity contribution in [3.8, 4) is 18.1 Å². The van der Waals surface area contributed by atoms with Gasteiger partial charge in [0, 0.05) is 0 Å². The van der Waals surface area contributed by atoms with E-state index in [-0.39, 0.29) is 137 Å². The lowest BCUT2D eigenvalue weighted by Gasteiger charge is -2.12. The third kappa shape index (κ3) is 37.2. The minimum Gasteiger partial charge on any atom is -0.355 e. The smallest absolute Gasteiger partial charge is 0.355 e. The topological polar surface area (TPSA) is 570 Å². The average Bonchev–Trinajstić information content (AvgIpc) is 1.57. The molecule has 7 atom stereocenters. The van der Waals surface area contributed by atoms with Crippen LogP contribution in [0.25, 0.3) is 0 Å². The highest BCUT2D eigenvalue weighted by Gasteiger charge is 2.40. The molecule has 0 bridgehead atoms. The maximum Gasteiger partial charge on any atom is 0.449 e. The van der Waals surface area contributed by atoms with Gasteiger partial charge in [-0.3, -0.25) is 20.9 Å². The van der Waals surface area contributed by atoms with Gasteiger partial charge in [0.1, 0.15) is 5.75 Å². The lowest BCUT2D eigenvalue weighted by Crippen LogP contribution is -2.24. The van der Waals surface area contributed by atoms with Gasteiger partial charge in [-0.1, -0.05) is 36.3 Å². The molecule has 0 spiro atoms. The first-order valence-corrected chi connectivity index (χ1v) is 53.1. The first-order chi connectivity index (χ1) is 49.0. The predicted octanol–water partition coefficient (Wildman–Crippen LogP) is -1.48. The zero-order chi connectivity index (χ0) is 82.8. The number of benzene rings is 2. The number of hydrogen-bond donors (Lipinski definition) is 0. The minimum absolute atomic E-state index is 0.00127. The van der Waals surface area contributed by atoms with Crippen molar-refractivity contribution in [1.29, 1.82) is 0 Å². The Kier molecular flexibility index (Phi) is 36.1. The van der Waals surface area contributed by atoms with Crippen LogP contribution in [-0.2, 0) is 178 Å². The van der Waals surface area contributed by atoms with Gasteiger partial charge in [-0.05, 0) is 57.1 Å². The molecule has 2 aromatic rings. The Morgan fingerprint density at radius 3 is 1.01 bits per heavy atom. The molecule has 0 saturated carbocycles. The summed E-state index contributed by atoms with van der Waals surface area (Å²) in [6.45, 7) is 6.36. The summed E-state index contributed by atoms with van der Waals surface area (Å²) >= 11 is 0. The van der Waals surface area contributed by atoms with E-state index in [4.69, 9.17) is 14.8 Å². The number of rotatable bonds is 24. The summed E-state index contributed by atoms with van der Waals surface area (Å²) in [5.74, 6) is -15.8. The molecule has 624 valence electrons. The van der Waals surface area contributed by atoms with Gasteiger partial charge in [-0.2, -0.15) is 67.7 Å². The monoisotopic (exact) mass is 1840 g/mol. The fraction of sp³-hybridized carbons (Fsp3) is 0.647. The highest BCUT2D eigenvalue weighted by atomic mass is 32.3. The Balaban J connectivity index is 0.000000330. The zero-order valence-electron chi connectivity index (χ0n) is 56.2. The standard InChI is InChI=1S/C10H7F5O6S2.C10H12O5S2.C7H12O6S2.C7H12O5S2.C7H10O5S2.C5H10O6S2.C5H10O5S2/c11-5-6(12)8(14)10(9(15)7(5)13)21-23(18,19)20-4-1-2-22(16,17)3-4;11-16(12)7-6-9(8-16)15-17(13,14)10-4-2-1-3-5-10;1-2-4-12-15(10,11)13-7-3-5-14(8,9)6-7;2*1-2-4-14(10,11)12-7-3-5-13(8,9)6-7;1-10-13(8,9)11-5-2-3-12(6,7)4-5;1-11(6,7)10-5-2-3-12(8,9)4-5/h4H,1-3H2;1-5,9H,6-8H2;2,7H,1,3-6H2;2,7H,1,3-6H2;1,7H,3-6H2;5H,2-4H2,1H3;5H,2-4H2,1H3. The van der Waals surface area contributed by atoms with E-state index in [0.29, 0.717) is 0 Å². The average molecular weight is 1840 g/mol. The number of terminal acetylenes is 1. The minimum atomic E-state index is -5.26. The molecule has 9 rings (SSSR count). The van der Waals surface area contributed by atoms with Crippen molar-refractivity contribution in [3.63, 3.8) is 0 Å². The molecule has 0 aliphatic carbocycles. The molecule has 7 aliphatic heterocycles. The molecule has 0 radical (unpaired) electrons. The highest BCUT2D eigenvalue weighted by Crippen LogP contribution is 2.32. The summed E-state index contributed by atoms with van der Waals surface area (Å²) in [7, 11) is -49.5. The second kappa shape index (κ2) is 39.8. The van der Waals surface area contributed by atoms with Crippen LogP contribution in [0.1, 0.15) is 44.9 Å². The van der Waals surface area contributed by atoms with Crippen molar-refractivity contribution < 1.29 is 182 Å². The van der Waals surface area contributed by atoms with Gasteiger partial charge in [0.2, 0.25) is 34.8 Å². The van der Waals surface area contributed by atoms with Crippen LogP contribution in [0.5, 0.6) is 5.75 Å². The summed E-state index contributed by atoms with van der Waals surface area (Å²) in [4.78, 5) is 0.0456. The van der Waals surface area contributed by atoms with E-state index in [0.717, 1.165) is 13.4 Å². The summed E-state index contributed by atoms with van der Waals surface area (Å²) in [6.07, 6.45) is 3.38. The Bertz CT molecular complexity index is 5230. The third-order valence-corrected chi connectivity index (χ3v) is 32.9. The van der Waals surface area contributed by atoms with Crippen molar-refractivity contribution >= 4 is 141 Å². The van der Waals surface area contributed by atoms with Crippen LogP contribution < -0.4 is 4.18 Å². The second-order valence-electron chi connectivity index (χ2n) is 23.2. The Morgan fingerprint density at radius 2 is 0.713 bits per heavy atom. The largest absolute Gasteiger partial charge is 0.449 e. The molecule has 38 nitrogen and oxygen atoms in total. The first-order valence-electron chi connectivity index (χ1n) is 30.0. The molecule has 0 N–H and O–H groups in total. The fourth-order valence-corrected chi connectivity index (χ4v) is 26.7. The van der Waals surface area contributed by atoms with Gasteiger partial charge >= 0.3 is 31.2 Å². The Labute approximate surface area is 624 Å². The molecular weight excluding hydrogens is 1760 g/mol. The van der Waals surface area contributed by atoms with E-state index in [9.17, 15) is 140 Å². The third-order valence-electron chi connectivity index (χ3n) is 13.7.